The molecule has 0 saturated heterocycles. The van der Waals surface area contributed by atoms with E-state index in [9.17, 15) is 10.2 Å². The number of phenolic OH excluding ortho intramolecular Hbond substituents is 2. The molecule has 0 spiro atoms. The van der Waals surface area contributed by atoms with Gasteiger partial charge in [0.25, 0.3) is 0 Å². The number of hydrogen-bond acceptors (Lipinski definition) is 2. The molecule has 1 atom stereocenters. The Morgan fingerprint density at radius 1 is 0.917 bits per heavy atom. The molecule has 5 heteroatoms. The molecule has 0 aliphatic heterocycles. The van der Waals surface area contributed by atoms with Gasteiger partial charge < -0.3 is 10.2 Å². The predicted octanol–water partition coefficient (Wildman–Crippen LogP) is 6.47. The Hall–Kier alpha value is -1.35. The van der Waals surface area contributed by atoms with Gasteiger partial charge in [-0.3, -0.25) is 0 Å². The van der Waals surface area contributed by atoms with Crippen molar-refractivity contribution in [2.24, 2.45) is 0 Å². The lowest BCUT2D eigenvalue weighted by Gasteiger charge is -2.22. The van der Waals surface area contributed by atoms with Crippen LogP contribution >= 0.6 is 34.8 Å². The summed E-state index contributed by atoms with van der Waals surface area (Å²) in [5.41, 5.74) is 2.69. The lowest BCUT2D eigenvalue weighted by atomic mass is 9.82. The summed E-state index contributed by atoms with van der Waals surface area (Å²) in [4.78, 5) is 0. The van der Waals surface area contributed by atoms with Crippen LogP contribution < -0.4 is 0 Å². The summed E-state index contributed by atoms with van der Waals surface area (Å²) in [6, 6.07) is 8.68. The quantitative estimate of drug-likeness (QED) is 0.580. The van der Waals surface area contributed by atoms with Crippen LogP contribution in [-0.4, -0.2) is 10.2 Å². The summed E-state index contributed by atoms with van der Waals surface area (Å²) in [6.45, 7) is 2.15. The number of aromatic hydroxyl groups is 2. The van der Waals surface area contributed by atoms with Gasteiger partial charge in [0.05, 0.1) is 20.5 Å². The number of hydrogen-bond donors (Lipinski definition) is 2. The van der Waals surface area contributed by atoms with Crippen molar-refractivity contribution in [1.82, 2.24) is 0 Å². The zero-order valence-corrected chi connectivity index (χ0v) is 15.4. The zero-order chi connectivity index (χ0) is 17.5. The summed E-state index contributed by atoms with van der Waals surface area (Å²) >= 11 is 18.4. The fourth-order valence-corrected chi connectivity index (χ4v) is 3.78. The smallest absolute Gasteiger partial charge is 0.152 e. The highest BCUT2D eigenvalue weighted by Gasteiger charge is 2.47. The number of allylic oxidation sites excluding steroid dienone is 2. The van der Waals surface area contributed by atoms with Gasteiger partial charge in [0.15, 0.2) is 5.75 Å². The van der Waals surface area contributed by atoms with Crippen molar-refractivity contribution >= 4 is 34.8 Å². The van der Waals surface area contributed by atoms with Crippen LogP contribution in [0.1, 0.15) is 37.3 Å². The van der Waals surface area contributed by atoms with E-state index in [1.807, 2.05) is 6.07 Å². The maximum absolute atomic E-state index is 9.84. The molecular formula is C19H17Cl3O2. The largest absolute Gasteiger partial charge is 0.506 e. The Kier molecular flexibility index (Phi) is 4.74. The Bertz CT molecular complexity index is 806. The molecule has 1 unspecified atom stereocenters. The summed E-state index contributed by atoms with van der Waals surface area (Å²) in [5, 5.41) is 20.3. The normalized spacial score (nSPS) is 19.2. The monoisotopic (exact) mass is 382 g/mol. The Morgan fingerprint density at radius 3 is 2.12 bits per heavy atom. The third kappa shape index (κ3) is 2.88. The van der Waals surface area contributed by atoms with Gasteiger partial charge in [0.1, 0.15) is 5.75 Å². The molecule has 2 aromatic carbocycles. The molecule has 0 heterocycles. The van der Waals surface area contributed by atoms with E-state index in [0.717, 1.165) is 30.4 Å². The number of benzene rings is 2. The van der Waals surface area contributed by atoms with Gasteiger partial charge >= 0.3 is 0 Å². The standard InChI is InChI=1S/C19H17Cl3O2/c1-2-3-4-12-10-19(12,11-5-6-17(23)14(20)7-11)13-8-15(21)18(24)16(22)9-13/h5-10,23-24H,2-4H2,1H3. The van der Waals surface area contributed by atoms with E-state index in [0.29, 0.717) is 5.02 Å². The van der Waals surface area contributed by atoms with E-state index in [1.54, 1.807) is 24.3 Å². The molecule has 3 rings (SSSR count). The topological polar surface area (TPSA) is 40.5 Å². The lowest BCUT2D eigenvalue weighted by Crippen LogP contribution is -2.14. The van der Waals surface area contributed by atoms with E-state index in [4.69, 9.17) is 34.8 Å². The van der Waals surface area contributed by atoms with Crippen LogP contribution in [0.3, 0.4) is 0 Å². The third-order valence-corrected chi connectivity index (χ3v) is 5.37. The summed E-state index contributed by atoms with van der Waals surface area (Å²) in [5.74, 6) is -0.0650. The predicted molar refractivity (Wildman–Crippen MR) is 99.6 cm³/mol. The highest BCUT2D eigenvalue weighted by molar-refractivity contribution is 6.37. The Balaban J connectivity index is 2.10. The highest BCUT2D eigenvalue weighted by atomic mass is 35.5. The maximum Gasteiger partial charge on any atom is 0.152 e. The average Bonchev–Trinajstić information content (AvgIpc) is 3.28. The van der Waals surface area contributed by atoms with Gasteiger partial charge in [-0.05, 0) is 48.2 Å². The van der Waals surface area contributed by atoms with Crippen LogP contribution in [0.4, 0.5) is 0 Å². The van der Waals surface area contributed by atoms with E-state index >= 15 is 0 Å². The van der Waals surface area contributed by atoms with Crippen LogP contribution in [0.25, 0.3) is 0 Å². The fourth-order valence-electron chi connectivity index (χ4n) is 3.11. The molecule has 2 nitrogen and oxygen atoms in total. The number of rotatable bonds is 5. The lowest BCUT2D eigenvalue weighted by molar-refractivity contribution is 0.475. The van der Waals surface area contributed by atoms with Crippen molar-refractivity contribution in [2.75, 3.05) is 0 Å². The van der Waals surface area contributed by atoms with E-state index in [2.05, 4.69) is 13.0 Å². The van der Waals surface area contributed by atoms with Crippen molar-refractivity contribution in [1.29, 1.82) is 0 Å². The van der Waals surface area contributed by atoms with Crippen LogP contribution in [0.15, 0.2) is 42.0 Å². The first-order valence-corrected chi connectivity index (χ1v) is 8.93. The molecule has 2 N–H and O–H groups in total. The zero-order valence-electron chi connectivity index (χ0n) is 13.1. The number of phenols is 2. The first-order valence-electron chi connectivity index (χ1n) is 7.79. The SMILES string of the molecule is CCCCC1=CC1(c1ccc(O)c(Cl)c1)c1cc(Cl)c(O)c(Cl)c1. The van der Waals surface area contributed by atoms with Gasteiger partial charge in [-0.15, -0.1) is 0 Å². The minimum atomic E-state index is -0.423. The van der Waals surface area contributed by atoms with Crippen molar-refractivity contribution in [3.63, 3.8) is 0 Å². The minimum absolute atomic E-state index is 0.0492. The first kappa shape index (κ1) is 17.5. The summed E-state index contributed by atoms with van der Waals surface area (Å²) < 4.78 is 0. The van der Waals surface area contributed by atoms with Gasteiger partial charge in [0, 0.05) is 0 Å². The van der Waals surface area contributed by atoms with Crippen LogP contribution in [0.5, 0.6) is 11.5 Å². The molecule has 0 aromatic heterocycles. The van der Waals surface area contributed by atoms with Crippen LogP contribution in [0, 0.1) is 0 Å². The Morgan fingerprint density at radius 2 is 1.54 bits per heavy atom. The number of halogens is 3. The van der Waals surface area contributed by atoms with Crippen LogP contribution in [0.2, 0.25) is 15.1 Å². The second-order valence-electron chi connectivity index (χ2n) is 6.04. The van der Waals surface area contributed by atoms with Crippen LogP contribution in [-0.2, 0) is 5.41 Å². The molecular weight excluding hydrogens is 367 g/mol. The summed E-state index contributed by atoms with van der Waals surface area (Å²) in [6.07, 6.45) is 5.31. The second-order valence-corrected chi connectivity index (χ2v) is 7.26. The van der Waals surface area contributed by atoms with Gasteiger partial charge in [-0.25, -0.2) is 0 Å². The second kappa shape index (κ2) is 6.51. The third-order valence-electron chi connectivity index (χ3n) is 4.49. The summed E-state index contributed by atoms with van der Waals surface area (Å²) in [7, 11) is 0. The molecule has 0 fully saturated rings. The van der Waals surface area contributed by atoms with E-state index in [-0.39, 0.29) is 21.5 Å². The van der Waals surface area contributed by atoms with E-state index < -0.39 is 5.41 Å². The molecule has 2 aromatic rings. The molecule has 1 aliphatic carbocycles. The van der Waals surface area contributed by atoms with Crippen molar-refractivity contribution in [2.45, 2.75) is 31.6 Å². The van der Waals surface area contributed by atoms with E-state index in [1.165, 1.54) is 5.57 Å². The molecule has 24 heavy (non-hydrogen) atoms. The molecule has 126 valence electrons. The van der Waals surface area contributed by atoms with Crippen molar-refractivity contribution in [3.05, 3.63) is 68.2 Å². The molecule has 0 radical (unpaired) electrons. The minimum Gasteiger partial charge on any atom is -0.506 e. The van der Waals surface area contributed by atoms with Gasteiger partial charge in [0.2, 0.25) is 0 Å². The first-order chi connectivity index (χ1) is 11.4. The van der Waals surface area contributed by atoms with Gasteiger partial charge in [-0.1, -0.05) is 65.9 Å². The highest BCUT2D eigenvalue weighted by Crippen LogP contribution is 2.56. The Labute approximate surface area is 156 Å². The molecule has 0 bridgehead atoms. The average molecular weight is 384 g/mol. The molecule has 1 aliphatic rings. The molecule has 0 saturated carbocycles. The fraction of sp³-hybridized carbons (Fsp3) is 0.263. The van der Waals surface area contributed by atoms with Crippen molar-refractivity contribution in [3.8, 4) is 11.5 Å². The number of unbranched alkanes of at least 4 members (excludes halogenated alkanes) is 1. The molecule has 0 amide bonds. The van der Waals surface area contributed by atoms with Gasteiger partial charge in [-0.2, -0.15) is 0 Å². The maximum atomic E-state index is 9.84. The van der Waals surface area contributed by atoms with Crippen molar-refractivity contribution < 1.29 is 10.2 Å².